The van der Waals surface area contributed by atoms with E-state index in [1.165, 1.54) is 12.8 Å². The molecule has 0 atom stereocenters. The molecule has 1 saturated carbocycles. The Morgan fingerprint density at radius 3 is 2.61 bits per heavy atom. The molecule has 0 saturated heterocycles. The van der Waals surface area contributed by atoms with Gasteiger partial charge in [-0.1, -0.05) is 18.2 Å². The summed E-state index contributed by atoms with van der Waals surface area (Å²) in [6, 6.07) is 7.83. The molecule has 0 radical (unpaired) electrons. The maximum atomic E-state index is 11.9. The zero-order valence-electron chi connectivity index (χ0n) is 11.4. The molecule has 1 aromatic carbocycles. The van der Waals surface area contributed by atoms with Gasteiger partial charge in [0.2, 0.25) is 5.91 Å². The van der Waals surface area contributed by atoms with Crippen LogP contribution in [0.4, 0.5) is 5.69 Å². The van der Waals surface area contributed by atoms with Crippen LogP contribution in [-0.4, -0.2) is 18.0 Å². The number of carbonyl (C=O) groups is 1. The molecule has 3 nitrogen and oxygen atoms in total. The molecule has 0 aliphatic heterocycles. The van der Waals surface area contributed by atoms with Crippen molar-refractivity contribution in [2.75, 3.05) is 11.9 Å². The average molecular weight is 246 g/mol. The van der Waals surface area contributed by atoms with E-state index in [1.807, 2.05) is 31.2 Å². The minimum atomic E-state index is 0.0259. The molecule has 98 valence electrons. The van der Waals surface area contributed by atoms with Crippen molar-refractivity contribution < 1.29 is 4.79 Å². The molecule has 0 aromatic heterocycles. The molecule has 18 heavy (non-hydrogen) atoms. The summed E-state index contributed by atoms with van der Waals surface area (Å²) in [5.74, 6) is 0.752. The second kappa shape index (κ2) is 5.11. The monoisotopic (exact) mass is 246 g/mol. The molecule has 0 heterocycles. The van der Waals surface area contributed by atoms with Gasteiger partial charge in [0.1, 0.15) is 0 Å². The standard InChI is InChI=1S/C15H22N2O/c1-11-6-4-5-7-13(11)17-14(18)10-16-15(2,3)12-8-9-12/h4-7,12,16H,8-10H2,1-3H3,(H,17,18). The molecule has 1 aliphatic rings. The Hall–Kier alpha value is -1.35. The van der Waals surface area contributed by atoms with Crippen LogP contribution < -0.4 is 10.6 Å². The van der Waals surface area contributed by atoms with Crippen molar-refractivity contribution in [2.45, 2.75) is 39.2 Å². The molecular weight excluding hydrogens is 224 g/mol. The van der Waals surface area contributed by atoms with E-state index in [2.05, 4.69) is 24.5 Å². The lowest BCUT2D eigenvalue weighted by molar-refractivity contribution is -0.115. The summed E-state index contributed by atoms with van der Waals surface area (Å²) in [5.41, 5.74) is 2.06. The van der Waals surface area contributed by atoms with Gasteiger partial charge in [-0.25, -0.2) is 0 Å². The third-order valence-corrected chi connectivity index (χ3v) is 3.72. The minimum Gasteiger partial charge on any atom is -0.325 e. The number of aryl methyl sites for hydroxylation is 1. The summed E-state index contributed by atoms with van der Waals surface area (Å²) >= 11 is 0. The second-order valence-corrected chi connectivity index (χ2v) is 5.71. The first-order valence-electron chi connectivity index (χ1n) is 6.59. The molecule has 3 heteroatoms. The predicted molar refractivity (Wildman–Crippen MR) is 74.6 cm³/mol. The third-order valence-electron chi connectivity index (χ3n) is 3.72. The van der Waals surface area contributed by atoms with Gasteiger partial charge in [-0.3, -0.25) is 4.79 Å². The Bertz CT molecular complexity index is 436. The molecule has 2 N–H and O–H groups in total. The smallest absolute Gasteiger partial charge is 0.238 e. The molecule has 1 aliphatic carbocycles. The first-order valence-corrected chi connectivity index (χ1v) is 6.59. The second-order valence-electron chi connectivity index (χ2n) is 5.71. The van der Waals surface area contributed by atoms with Crippen LogP contribution in [0, 0.1) is 12.8 Å². The van der Waals surface area contributed by atoms with Gasteiger partial charge in [-0.2, -0.15) is 0 Å². The normalized spacial score (nSPS) is 15.5. The molecule has 0 unspecified atom stereocenters. The van der Waals surface area contributed by atoms with Crippen LogP contribution >= 0.6 is 0 Å². The van der Waals surface area contributed by atoms with Gasteiger partial charge >= 0.3 is 0 Å². The molecule has 1 fully saturated rings. The number of nitrogens with one attached hydrogen (secondary N) is 2. The maximum absolute atomic E-state index is 11.9. The highest BCUT2D eigenvalue weighted by Gasteiger charge is 2.37. The molecule has 2 rings (SSSR count). The van der Waals surface area contributed by atoms with Crippen LogP contribution in [0.3, 0.4) is 0 Å². The largest absolute Gasteiger partial charge is 0.325 e. The number of para-hydroxylation sites is 1. The van der Waals surface area contributed by atoms with Crippen molar-refractivity contribution in [3.63, 3.8) is 0 Å². The zero-order chi connectivity index (χ0) is 13.2. The summed E-state index contributed by atoms with van der Waals surface area (Å²) < 4.78 is 0. The van der Waals surface area contributed by atoms with E-state index in [9.17, 15) is 4.79 Å². The van der Waals surface area contributed by atoms with Crippen LogP contribution in [-0.2, 0) is 4.79 Å². The van der Waals surface area contributed by atoms with Gasteiger partial charge in [0.15, 0.2) is 0 Å². The van der Waals surface area contributed by atoms with Gasteiger partial charge in [-0.05, 0) is 51.2 Å². The highest BCUT2D eigenvalue weighted by Crippen LogP contribution is 2.38. The van der Waals surface area contributed by atoms with Crippen LogP contribution in [0.5, 0.6) is 0 Å². The first kappa shape index (κ1) is 13.1. The van der Waals surface area contributed by atoms with E-state index < -0.39 is 0 Å². The zero-order valence-corrected chi connectivity index (χ0v) is 11.4. The Balaban J connectivity index is 1.84. The number of hydrogen-bond donors (Lipinski definition) is 2. The van der Waals surface area contributed by atoms with Crippen LogP contribution in [0.15, 0.2) is 24.3 Å². The van der Waals surface area contributed by atoms with Gasteiger partial charge in [0.05, 0.1) is 6.54 Å². The summed E-state index contributed by atoms with van der Waals surface area (Å²) in [7, 11) is 0. The van der Waals surface area contributed by atoms with E-state index in [1.54, 1.807) is 0 Å². The first-order chi connectivity index (χ1) is 8.49. The topological polar surface area (TPSA) is 41.1 Å². The molecule has 0 spiro atoms. The fourth-order valence-electron chi connectivity index (χ4n) is 2.16. The molecule has 1 aromatic rings. The van der Waals surface area contributed by atoms with Crippen molar-refractivity contribution in [1.29, 1.82) is 0 Å². The van der Waals surface area contributed by atoms with Gasteiger partial charge in [0.25, 0.3) is 0 Å². The number of benzene rings is 1. The van der Waals surface area contributed by atoms with Gasteiger partial charge in [0, 0.05) is 11.2 Å². The number of rotatable bonds is 5. The highest BCUT2D eigenvalue weighted by atomic mass is 16.1. The average Bonchev–Trinajstić information content (AvgIpc) is 3.14. The Morgan fingerprint density at radius 2 is 2.00 bits per heavy atom. The van der Waals surface area contributed by atoms with Crippen molar-refractivity contribution in [3.05, 3.63) is 29.8 Å². The van der Waals surface area contributed by atoms with Gasteiger partial charge < -0.3 is 10.6 Å². The summed E-state index contributed by atoms with van der Waals surface area (Å²) in [4.78, 5) is 11.9. The van der Waals surface area contributed by atoms with E-state index in [4.69, 9.17) is 0 Å². The number of carbonyl (C=O) groups excluding carboxylic acids is 1. The Morgan fingerprint density at radius 1 is 1.33 bits per heavy atom. The predicted octanol–water partition coefficient (Wildman–Crippen LogP) is 2.71. The van der Waals surface area contributed by atoms with Crippen molar-refractivity contribution >= 4 is 11.6 Å². The number of amides is 1. The van der Waals surface area contributed by atoms with Crippen LogP contribution in [0.2, 0.25) is 0 Å². The van der Waals surface area contributed by atoms with E-state index in [0.717, 1.165) is 17.2 Å². The summed E-state index contributed by atoms with van der Waals surface area (Å²) in [6.45, 7) is 6.71. The number of hydrogen-bond acceptors (Lipinski definition) is 2. The Kier molecular flexibility index (Phi) is 3.71. The highest BCUT2D eigenvalue weighted by molar-refractivity contribution is 5.92. The molecule has 0 bridgehead atoms. The lowest BCUT2D eigenvalue weighted by Gasteiger charge is -2.25. The third kappa shape index (κ3) is 3.33. The maximum Gasteiger partial charge on any atom is 0.238 e. The van der Waals surface area contributed by atoms with Crippen molar-refractivity contribution in [2.24, 2.45) is 5.92 Å². The molecular formula is C15H22N2O. The number of anilines is 1. The lowest BCUT2D eigenvalue weighted by atomic mass is 9.99. The summed E-state index contributed by atoms with van der Waals surface area (Å²) in [5, 5.41) is 6.29. The van der Waals surface area contributed by atoms with E-state index in [-0.39, 0.29) is 11.4 Å². The lowest BCUT2D eigenvalue weighted by Crippen LogP contribution is -2.45. The van der Waals surface area contributed by atoms with E-state index >= 15 is 0 Å². The SMILES string of the molecule is Cc1ccccc1NC(=O)CNC(C)(C)C1CC1. The van der Waals surface area contributed by atoms with Crippen molar-refractivity contribution in [1.82, 2.24) is 5.32 Å². The van der Waals surface area contributed by atoms with Gasteiger partial charge in [-0.15, -0.1) is 0 Å². The van der Waals surface area contributed by atoms with Crippen LogP contribution in [0.1, 0.15) is 32.3 Å². The quantitative estimate of drug-likeness (QED) is 0.838. The Labute approximate surface area is 109 Å². The minimum absolute atomic E-state index is 0.0259. The fraction of sp³-hybridized carbons (Fsp3) is 0.533. The van der Waals surface area contributed by atoms with Crippen molar-refractivity contribution in [3.8, 4) is 0 Å². The van der Waals surface area contributed by atoms with E-state index in [0.29, 0.717) is 6.54 Å². The summed E-state index contributed by atoms with van der Waals surface area (Å²) in [6.07, 6.45) is 2.55. The fourth-order valence-corrected chi connectivity index (χ4v) is 2.16. The molecule has 1 amide bonds. The van der Waals surface area contributed by atoms with Crippen LogP contribution in [0.25, 0.3) is 0 Å².